The first-order valence-corrected chi connectivity index (χ1v) is 5.80. The minimum absolute atomic E-state index is 0.678. The molecule has 3 aromatic rings. The molecule has 90 valence electrons. The number of nitrogens with zero attached hydrogens (tertiary/aromatic N) is 3. The molecule has 4 nitrogen and oxygen atoms in total. The van der Waals surface area contributed by atoms with E-state index >= 15 is 0 Å². The van der Waals surface area contributed by atoms with Crippen molar-refractivity contribution in [2.24, 2.45) is 0 Å². The fourth-order valence-electron chi connectivity index (χ4n) is 1.82. The van der Waals surface area contributed by atoms with E-state index in [-0.39, 0.29) is 0 Å². The van der Waals surface area contributed by atoms with Gasteiger partial charge in [-0.05, 0) is 18.2 Å². The predicted octanol–water partition coefficient (Wildman–Crippen LogP) is 3.06. The molecule has 3 rings (SSSR count). The van der Waals surface area contributed by atoms with Crippen LogP contribution in [0.15, 0.2) is 42.6 Å². The topological polar surface area (TPSA) is 39.4 Å². The van der Waals surface area contributed by atoms with E-state index in [9.17, 15) is 0 Å². The van der Waals surface area contributed by atoms with Crippen LogP contribution in [0.1, 0.15) is 0 Å². The Morgan fingerprint density at radius 2 is 2.06 bits per heavy atom. The van der Waals surface area contributed by atoms with E-state index in [4.69, 9.17) is 16.3 Å². The van der Waals surface area contributed by atoms with Crippen LogP contribution in [0.5, 0.6) is 5.75 Å². The third kappa shape index (κ3) is 1.80. The Hall–Kier alpha value is -2.07. The number of hydrogen-bond donors (Lipinski definition) is 0. The van der Waals surface area contributed by atoms with E-state index in [0.29, 0.717) is 5.02 Å². The van der Waals surface area contributed by atoms with Gasteiger partial charge in [0.25, 0.3) is 0 Å². The van der Waals surface area contributed by atoms with Crippen molar-refractivity contribution in [2.45, 2.75) is 0 Å². The summed E-state index contributed by atoms with van der Waals surface area (Å²) in [4.78, 5) is 0. The molecule has 0 N–H and O–H groups in total. The second-order valence-electron chi connectivity index (χ2n) is 3.83. The van der Waals surface area contributed by atoms with Crippen LogP contribution < -0.4 is 4.74 Å². The lowest BCUT2D eigenvalue weighted by Gasteiger charge is -2.02. The zero-order valence-electron chi connectivity index (χ0n) is 9.67. The number of ether oxygens (including phenoxy) is 1. The smallest absolute Gasteiger partial charge is 0.168 e. The molecular weight excluding hydrogens is 250 g/mol. The largest absolute Gasteiger partial charge is 0.497 e. The molecule has 5 heteroatoms. The third-order valence-electron chi connectivity index (χ3n) is 2.70. The maximum atomic E-state index is 5.98. The zero-order valence-corrected chi connectivity index (χ0v) is 10.4. The van der Waals surface area contributed by atoms with E-state index in [1.165, 1.54) is 0 Å². The van der Waals surface area contributed by atoms with Crippen LogP contribution in [-0.2, 0) is 0 Å². The van der Waals surface area contributed by atoms with Crippen LogP contribution in [0.2, 0.25) is 5.02 Å². The van der Waals surface area contributed by atoms with E-state index in [0.717, 1.165) is 22.8 Å². The second-order valence-corrected chi connectivity index (χ2v) is 4.27. The van der Waals surface area contributed by atoms with Gasteiger partial charge in [0.15, 0.2) is 11.5 Å². The average Bonchev–Trinajstić information content (AvgIpc) is 2.81. The molecule has 0 aliphatic heterocycles. The quantitative estimate of drug-likeness (QED) is 0.710. The van der Waals surface area contributed by atoms with Gasteiger partial charge < -0.3 is 4.74 Å². The van der Waals surface area contributed by atoms with E-state index < -0.39 is 0 Å². The second kappa shape index (κ2) is 4.31. The summed E-state index contributed by atoms with van der Waals surface area (Å²) >= 11 is 5.98. The number of fused-ring (bicyclic) bond motifs is 1. The Balaban J connectivity index is 2.18. The van der Waals surface area contributed by atoms with E-state index in [1.54, 1.807) is 7.11 Å². The highest BCUT2D eigenvalue weighted by molar-refractivity contribution is 6.30. The summed E-state index contributed by atoms with van der Waals surface area (Å²) in [6, 6.07) is 11.2. The van der Waals surface area contributed by atoms with Crippen LogP contribution in [0.4, 0.5) is 0 Å². The maximum absolute atomic E-state index is 5.98. The van der Waals surface area contributed by atoms with Crippen molar-refractivity contribution in [3.05, 3.63) is 47.6 Å². The van der Waals surface area contributed by atoms with Gasteiger partial charge in [-0.15, -0.1) is 10.2 Å². The fourth-order valence-corrected chi connectivity index (χ4v) is 2.01. The number of pyridine rings is 1. The van der Waals surface area contributed by atoms with Crippen molar-refractivity contribution in [3.8, 4) is 17.1 Å². The number of rotatable bonds is 2. The number of methoxy groups -OCH3 is 1. The van der Waals surface area contributed by atoms with Crippen molar-refractivity contribution in [1.29, 1.82) is 0 Å². The first-order valence-electron chi connectivity index (χ1n) is 5.42. The SMILES string of the molecule is COc1ccn2c(-c3cccc(Cl)c3)nnc2c1. The lowest BCUT2D eigenvalue weighted by molar-refractivity contribution is 0.414. The van der Waals surface area contributed by atoms with Gasteiger partial charge in [0, 0.05) is 22.8 Å². The monoisotopic (exact) mass is 259 g/mol. The third-order valence-corrected chi connectivity index (χ3v) is 2.94. The summed E-state index contributed by atoms with van der Waals surface area (Å²) in [5.74, 6) is 1.52. The van der Waals surface area contributed by atoms with Crippen LogP contribution in [0.3, 0.4) is 0 Å². The standard InChI is InChI=1S/C13H10ClN3O/c1-18-11-5-6-17-12(8-11)15-16-13(17)9-3-2-4-10(14)7-9/h2-8H,1H3. The normalized spacial score (nSPS) is 10.8. The van der Waals surface area contributed by atoms with Crippen LogP contribution in [0, 0.1) is 0 Å². The average molecular weight is 260 g/mol. The molecule has 0 bridgehead atoms. The van der Waals surface area contributed by atoms with Crippen molar-refractivity contribution < 1.29 is 4.74 Å². The minimum Gasteiger partial charge on any atom is -0.497 e. The van der Waals surface area contributed by atoms with Crippen LogP contribution in [0.25, 0.3) is 17.0 Å². The molecule has 2 heterocycles. The fraction of sp³-hybridized carbons (Fsp3) is 0.0769. The van der Waals surface area contributed by atoms with Crippen molar-refractivity contribution >= 4 is 17.2 Å². The molecule has 0 saturated carbocycles. The van der Waals surface area contributed by atoms with Gasteiger partial charge in [0.05, 0.1) is 7.11 Å². The molecule has 0 aliphatic rings. The molecule has 0 atom stereocenters. The van der Waals surface area contributed by atoms with Gasteiger partial charge in [-0.25, -0.2) is 0 Å². The first kappa shape index (κ1) is 11.0. The highest BCUT2D eigenvalue weighted by atomic mass is 35.5. The predicted molar refractivity (Wildman–Crippen MR) is 70.0 cm³/mol. The molecule has 0 unspecified atom stereocenters. The number of halogens is 1. The maximum Gasteiger partial charge on any atom is 0.168 e. The zero-order chi connectivity index (χ0) is 12.5. The summed E-state index contributed by atoms with van der Waals surface area (Å²) in [5.41, 5.74) is 1.67. The number of hydrogen-bond acceptors (Lipinski definition) is 3. The Bertz CT molecular complexity index is 708. The Kier molecular flexibility index (Phi) is 2.64. The van der Waals surface area contributed by atoms with Gasteiger partial charge >= 0.3 is 0 Å². The van der Waals surface area contributed by atoms with E-state index in [2.05, 4.69) is 10.2 Å². The molecule has 0 saturated heterocycles. The van der Waals surface area contributed by atoms with Gasteiger partial charge in [-0.1, -0.05) is 23.7 Å². The number of benzene rings is 1. The Morgan fingerprint density at radius 3 is 2.83 bits per heavy atom. The van der Waals surface area contributed by atoms with E-state index in [1.807, 2.05) is 47.0 Å². The molecule has 0 spiro atoms. The van der Waals surface area contributed by atoms with Crippen molar-refractivity contribution in [1.82, 2.24) is 14.6 Å². The first-order chi connectivity index (χ1) is 8.78. The number of aromatic nitrogens is 3. The van der Waals surface area contributed by atoms with Crippen molar-refractivity contribution in [2.75, 3.05) is 7.11 Å². The van der Waals surface area contributed by atoms with Gasteiger partial charge in [0.1, 0.15) is 5.75 Å². The Morgan fingerprint density at radius 1 is 1.17 bits per heavy atom. The highest BCUT2D eigenvalue weighted by Crippen LogP contribution is 2.23. The molecule has 2 aromatic heterocycles. The van der Waals surface area contributed by atoms with Gasteiger partial charge in [0.2, 0.25) is 0 Å². The summed E-state index contributed by atoms with van der Waals surface area (Å²) in [6.07, 6.45) is 1.88. The van der Waals surface area contributed by atoms with Crippen molar-refractivity contribution in [3.63, 3.8) is 0 Å². The lowest BCUT2D eigenvalue weighted by Crippen LogP contribution is -1.90. The summed E-state index contributed by atoms with van der Waals surface area (Å²) < 4.78 is 7.05. The summed E-state index contributed by atoms with van der Waals surface area (Å²) in [6.45, 7) is 0. The minimum atomic E-state index is 0.678. The summed E-state index contributed by atoms with van der Waals surface area (Å²) in [7, 11) is 1.63. The molecule has 18 heavy (non-hydrogen) atoms. The molecule has 0 radical (unpaired) electrons. The molecule has 1 aromatic carbocycles. The Labute approximate surface area is 109 Å². The lowest BCUT2D eigenvalue weighted by atomic mass is 10.2. The molecule has 0 amide bonds. The highest BCUT2D eigenvalue weighted by Gasteiger charge is 2.08. The molecular formula is C13H10ClN3O. The molecule has 0 fully saturated rings. The van der Waals surface area contributed by atoms with Gasteiger partial charge in [-0.2, -0.15) is 0 Å². The molecule has 0 aliphatic carbocycles. The summed E-state index contributed by atoms with van der Waals surface area (Å²) in [5, 5.41) is 8.98. The van der Waals surface area contributed by atoms with Gasteiger partial charge in [-0.3, -0.25) is 4.40 Å². The van der Waals surface area contributed by atoms with Crippen LogP contribution in [-0.4, -0.2) is 21.7 Å². The van der Waals surface area contributed by atoms with Crippen LogP contribution >= 0.6 is 11.6 Å².